The molecular formula is C12H11ClFN3. The van der Waals surface area contributed by atoms with Crippen LogP contribution >= 0.6 is 11.6 Å². The van der Waals surface area contributed by atoms with Gasteiger partial charge in [-0.15, -0.1) is 0 Å². The average Bonchev–Trinajstić information content (AvgIpc) is 2.76. The average molecular weight is 252 g/mol. The van der Waals surface area contributed by atoms with Crippen LogP contribution in [0.3, 0.4) is 0 Å². The second-order valence-corrected chi connectivity index (χ2v) is 3.87. The van der Waals surface area contributed by atoms with E-state index in [1.165, 1.54) is 6.07 Å². The number of anilines is 1. The Kier molecular flexibility index (Phi) is 3.44. The molecule has 1 heterocycles. The maximum absolute atomic E-state index is 13.4. The number of rotatable bonds is 4. The number of nitrogens with one attached hydrogen (secondary N) is 1. The van der Waals surface area contributed by atoms with Crippen molar-refractivity contribution >= 4 is 23.5 Å². The van der Waals surface area contributed by atoms with Gasteiger partial charge in [0.15, 0.2) is 0 Å². The quantitative estimate of drug-likeness (QED) is 0.903. The highest BCUT2D eigenvalue weighted by molar-refractivity contribution is 6.33. The molecule has 0 radical (unpaired) electrons. The van der Waals surface area contributed by atoms with Crippen LogP contribution in [0.15, 0.2) is 37.2 Å². The molecule has 1 N–H and O–H groups in total. The van der Waals surface area contributed by atoms with Crippen molar-refractivity contribution in [3.05, 3.63) is 53.6 Å². The lowest BCUT2D eigenvalue weighted by Gasteiger charge is -2.07. The molecule has 2 aromatic rings. The predicted octanol–water partition coefficient (Wildman–Crippen LogP) is 3.39. The lowest BCUT2D eigenvalue weighted by atomic mass is 10.3. The summed E-state index contributed by atoms with van der Waals surface area (Å²) in [4.78, 5) is 0. The first-order valence-electron chi connectivity index (χ1n) is 5.04. The fourth-order valence-corrected chi connectivity index (χ4v) is 1.66. The largest absolute Gasteiger partial charge is 0.377 e. The Hall–Kier alpha value is -1.81. The van der Waals surface area contributed by atoms with Gasteiger partial charge in [-0.05, 0) is 12.1 Å². The van der Waals surface area contributed by atoms with Crippen LogP contribution < -0.4 is 5.32 Å². The summed E-state index contributed by atoms with van der Waals surface area (Å²) in [6.07, 6.45) is 5.07. The van der Waals surface area contributed by atoms with E-state index in [9.17, 15) is 4.39 Å². The molecule has 0 saturated carbocycles. The second kappa shape index (κ2) is 5.01. The van der Waals surface area contributed by atoms with Gasteiger partial charge >= 0.3 is 0 Å². The molecule has 0 bridgehead atoms. The van der Waals surface area contributed by atoms with E-state index in [4.69, 9.17) is 11.6 Å². The molecule has 0 spiro atoms. The first kappa shape index (κ1) is 11.7. The number of halogens is 2. The van der Waals surface area contributed by atoms with E-state index in [0.717, 1.165) is 5.56 Å². The third-order valence-corrected chi connectivity index (χ3v) is 2.59. The third-order valence-electron chi connectivity index (χ3n) is 2.27. The van der Waals surface area contributed by atoms with Crippen LogP contribution in [0.5, 0.6) is 0 Å². The smallest absolute Gasteiger partial charge is 0.147 e. The summed E-state index contributed by atoms with van der Waals surface area (Å²) < 4.78 is 15.0. The Morgan fingerprint density at radius 1 is 1.53 bits per heavy atom. The van der Waals surface area contributed by atoms with E-state index in [0.29, 0.717) is 17.3 Å². The molecule has 17 heavy (non-hydrogen) atoms. The number of benzene rings is 1. The Morgan fingerprint density at radius 2 is 2.35 bits per heavy atom. The minimum atomic E-state index is -0.367. The Labute approximate surface area is 104 Å². The van der Waals surface area contributed by atoms with E-state index in [2.05, 4.69) is 17.0 Å². The van der Waals surface area contributed by atoms with Gasteiger partial charge in [0.1, 0.15) is 5.82 Å². The van der Waals surface area contributed by atoms with Crippen LogP contribution in [0.2, 0.25) is 5.02 Å². The van der Waals surface area contributed by atoms with Gasteiger partial charge in [0.25, 0.3) is 0 Å². The predicted molar refractivity (Wildman–Crippen MR) is 67.4 cm³/mol. The summed E-state index contributed by atoms with van der Waals surface area (Å²) in [6, 6.07) is 4.57. The highest BCUT2D eigenvalue weighted by atomic mass is 35.5. The van der Waals surface area contributed by atoms with Gasteiger partial charge in [0.2, 0.25) is 0 Å². The van der Waals surface area contributed by atoms with Gasteiger partial charge in [0.05, 0.1) is 16.9 Å². The van der Waals surface area contributed by atoms with Crippen molar-refractivity contribution in [1.82, 2.24) is 9.78 Å². The highest BCUT2D eigenvalue weighted by Crippen LogP contribution is 2.24. The monoisotopic (exact) mass is 251 g/mol. The molecule has 0 atom stereocenters. The summed E-state index contributed by atoms with van der Waals surface area (Å²) in [5, 5.41) is 7.33. The molecule has 3 nitrogen and oxygen atoms in total. The van der Waals surface area contributed by atoms with Crippen molar-refractivity contribution in [2.75, 3.05) is 5.32 Å². The maximum atomic E-state index is 13.4. The van der Waals surface area contributed by atoms with Crippen molar-refractivity contribution < 1.29 is 4.39 Å². The second-order valence-electron chi connectivity index (χ2n) is 3.46. The number of para-hydroxylation sites is 1. The molecule has 0 amide bonds. The third kappa shape index (κ3) is 2.65. The number of hydrogen-bond donors (Lipinski definition) is 1. The zero-order valence-corrected chi connectivity index (χ0v) is 9.78. The Bertz CT molecular complexity index is 516. The van der Waals surface area contributed by atoms with Gasteiger partial charge in [-0.3, -0.25) is 0 Å². The zero-order valence-electron chi connectivity index (χ0n) is 9.03. The van der Waals surface area contributed by atoms with Crippen LogP contribution in [0.4, 0.5) is 10.1 Å². The molecular weight excluding hydrogens is 241 g/mol. The molecule has 1 aromatic heterocycles. The van der Waals surface area contributed by atoms with E-state index < -0.39 is 0 Å². The first-order valence-corrected chi connectivity index (χ1v) is 5.42. The molecule has 0 saturated heterocycles. The van der Waals surface area contributed by atoms with Gasteiger partial charge in [-0.2, -0.15) is 5.10 Å². The molecule has 88 valence electrons. The van der Waals surface area contributed by atoms with Crippen LogP contribution in [0, 0.1) is 5.82 Å². The maximum Gasteiger partial charge on any atom is 0.147 e. The van der Waals surface area contributed by atoms with Gasteiger partial charge in [0, 0.05) is 24.5 Å². The van der Waals surface area contributed by atoms with Crippen molar-refractivity contribution in [3.63, 3.8) is 0 Å². The fraction of sp³-hybridized carbons (Fsp3) is 0.0833. The number of nitrogens with zero attached hydrogens (tertiary/aromatic N) is 2. The molecule has 0 fully saturated rings. The van der Waals surface area contributed by atoms with Crippen molar-refractivity contribution in [2.45, 2.75) is 6.54 Å². The SMILES string of the molecule is C=Cn1cc(CNc2c(F)cccc2Cl)cn1. The fourth-order valence-electron chi connectivity index (χ4n) is 1.43. The Balaban J connectivity index is 2.09. The molecule has 0 unspecified atom stereocenters. The summed E-state index contributed by atoms with van der Waals surface area (Å²) in [7, 11) is 0. The van der Waals surface area contributed by atoms with Gasteiger partial charge in [-0.1, -0.05) is 24.2 Å². The molecule has 0 aliphatic heterocycles. The van der Waals surface area contributed by atoms with E-state index in [-0.39, 0.29) is 5.82 Å². The molecule has 1 aromatic carbocycles. The van der Waals surface area contributed by atoms with Gasteiger partial charge < -0.3 is 5.32 Å². The van der Waals surface area contributed by atoms with Gasteiger partial charge in [-0.25, -0.2) is 9.07 Å². The zero-order chi connectivity index (χ0) is 12.3. The lowest BCUT2D eigenvalue weighted by molar-refractivity contribution is 0.630. The van der Waals surface area contributed by atoms with E-state index in [1.54, 1.807) is 35.4 Å². The molecule has 2 rings (SSSR count). The minimum Gasteiger partial charge on any atom is -0.377 e. The lowest BCUT2D eigenvalue weighted by Crippen LogP contribution is -2.01. The number of aromatic nitrogens is 2. The first-order chi connectivity index (χ1) is 8.20. The highest BCUT2D eigenvalue weighted by Gasteiger charge is 2.06. The van der Waals surface area contributed by atoms with Crippen molar-refractivity contribution in [1.29, 1.82) is 0 Å². The molecule has 0 aliphatic carbocycles. The van der Waals surface area contributed by atoms with Crippen LogP contribution in [-0.4, -0.2) is 9.78 Å². The number of hydrogen-bond acceptors (Lipinski definition) is 2. The van der Waals surface area contributed by atoms with E-state index >= 15 is 0 Å². The van der Waals surface area contributed by atoms with E-state index in [1.807, 2.05) is 0 Å². The van der Waals surface area contributed by atoms with Crippen LogP contribution in [-0.2, 0) is 6.54 Å². The van der Waals surface area contributed by atoms with Crippen LogP contribution in [0.25, 0.3) is 6.20 Å². The van der Waals surface area contributed by atoms with Crippen LogP contribution in [0.1, 0.15) is 5.56 Å². The standard InChI is InChI=1S/C12H11ClFN3/c1-2-17-8-9(7-16-17)6-15-12-10(13)4-3-5-11(12)14/h2-5,7-8,15H,1,6H2. The summed E-state index contributed by atoms with van der Waals surface area (Å²) in [5.41, 5.74) is 1.23. The summed E-state index contributed by atoms with van der Waals surface area (Å²) in [6.45, 7) is 4.04. The summed E-state index contributed by atoms with van der Waals surface area (Å²) >= 11 is 5.89. The topological polar surface area (TPSA) is 29.9 Å². The van der Waals surface area contributed by atoms with Crippen molar-refractivity contribution in [3.8, 4) is 0 Å². The summed E-state index contributed by atoms with van der Waals surface area (Å²) in [5.74, 6) is -0.367. The normalized spacial score (nSPS) is 10.2. The molecule has 5 heteroatoms. The van der Waals surface area contributed by atoms with Crippen molar-refractivity contribution in [2.24, 2.45) is 0 Å². The Morgan fingerprint density at radius 3 is 3.00 bits per heavy atom. The minimum absolute atomic E-state index is 0.306. The molecule has 0 aliphatic rings.